The zero-order chi connectivity index (χ0) is 14.4. The van der Waals surface area contributed by atoms with Gasteiger partial charge in [0.15, 0.2) is 0 Å². The van der Waals surface area contributed by atoms with Gasteiger partial charge in [-0.05, 0) is 27.7 Å². The highest BCUT2D eigenvalue weighted by atomic mass is 28.3. The first-order valence-electron chi connectivity index (χ1n) is 6.33. The van der Waals surface area contributed by atoms with Crippen LogP contribution in [0.1, 0.15) is 34.1 Å². The van der Waals surface area contributed by atoms with E-state index in [0.717, 1.165) is 0 Å². The second-order valence-corrected chi connectivity index (χ2v) is 11.2. The molecule has 0 aliphatic heterocycles. The van der Waals surface area contributed by atoms with Gasteiger partial charge in [-0.2, -0.15) is 0 Å². The molecule has 0 amide bonds. The van der Waals surface area contributed by atoms with Crippen LogP contribution in [0.2, 0.25) is 19.6 Å². The predicted molar refractivity (Wildman–Crippen MR) is 77.0 cm³/mol. The van der Waals surface area contributed by atoms with Crippen LogP contribution < -0.4 is 0 Å². The van der Waals surface area contributed by atoms with Gasteiger partial charge in [-0.3, -0.25) is 0 Å². The van der Waals surface area contributed by atoms with Crippen molar-refractivity contribution in [2.75, 3.05) is 6.61 Å². The number of hydrogen-bond acceptors (Lipinski definition) is 3. The van der Waals surface area contributed by atoms with E-state index < -0.39 is 13.7 Å². The summed E-state index contributed by atoms with van der Waals surface area (Å²) in [4.78, 5) is 11.4. The van der Waals surface area contributed by atoms with Crippen molar-refractivity contribution in [3.05, 3.63) is 0 Å². The van der Waals surface area contributed by atoms with E-state index in [1.54, 1.807) is 0 Å². The van der Waals surface area contributed by atoms with Crippen LogP contribution in [0, 0.1) is 11.5 Å². The van der Waals surface area contributed by atoms with E-state index in [1.165, 1.54) is 0 Å². The average molecular weight is 270 g/mol. The minimum atomic E-state index is -1.31. The number of hydrogen-bond donors (Lipinski definition) is 0. The lowest BCUT2D eigenvalue weighted by Gasteiger charge is -2.20. The first-order chi connectivity index (χ1) is 7.99. The van der Waals surface area contributed by atoms with Gasteiger partial charge >= 0.3 is 5.97 Å². The van der Waals surface area contributed by atoms with Gasteiger partial charge in [0.1, 0.15) is 20.3 Å². The number of carbonyl (C=O) groups is 1. The summed E-state index contributed by atoms with van der Waals surface area (Å²) in [6.07, 6.45) is 0.619. The van der Waals surface area contributed by atoms with E-state index in [4.69, 9.17) is 9.47 Å². The molecule has 0 aliphatic rings. The molecule has 0 fully saturated rings. The molecule has 0 bridgehead atoms. The van der Waals surface area contributed by atoms with Gasteiger partial charge < -0.3 is 9.47 Å². The molecule has 104 valence electrons. The van der Waals surface area contributed by atoms with Crippen LogP contribution >= 0.6 is 0 Å². The lowest BCUT2D eigenvalue weighted by Crippen LogP contribution is -2.27. The molecular formula is C14H26O3Si. The molecule has 0 aromatic heterocycles. The van der Waals surface area contributed by atoms with Crippen LogP contribution in [0.4, 0.5) is 0 Å². The van der Waals surface area contributed by atoms with E-state index in [2.05, 4.69) is 31.1 Å². The van der Waals surface area contributed by atoms with Gasteiger partial charge in [0.05, 0.1) is 6.10 Å². The maximum atomic E-state index is 11.4. The van der Waals surface area contributed by atoms with Crippen LogP contribution in [0.25, 0.3) is 0 Å². The third-order valence-electron chi connectivity index (χ3n) is 1.76. The second kappa shape index (κ2) is 6.96. The first-order valence-corrected chi connectivity index (χ1v) is 9.83. The van der Waals surface area contributed by atoms with E-state index >= 15 is 0 Å². The second-order valence-electron chi connectivity index (χ2n) is 6.46. The average Bonchev–Trinajstić information content (AvgIpc) is 2.09. The molecule has 18 heavy (non-hydrogen) atoms. The molecule has 0 aromatic rings. The molecule has 0 radical (unpaired) electrons. The summed E-state index contributed by atoms with van der Waals surface area (Å²) in [5.74, 6) is 2.81. The Hall–Kier alpha value is -0.793. The third-order valence-corrected chi connectivity index (χ3v) is 2.69. The number of ether oxygens (including phenoxy) is 2. The zero-order valence-electron chi connectivity index (χ0n) is 12.7. The van der Waals surface area contributed by atoms with Crippen molar-refractivity contribution in [3.8, 4) is 11.5 Å². The Morgan fingerprint density at radius 2 is 1.83 bits per heavy atom. The van der Waals surface area contributed by atoms with Crippen molar-refractivity contribution >= 4 is 14.0 Å². The third kappa shape index (κ3) is 11.7. The van der Waals surface area contributed by atoms with Crippen LogP contribution in [-0.4, -0.2) is 32.4 Å². The monoisotopic (exact) mass is 270 g/mol. The largest absolute Gasteiger partial charge is 0.458 e. The van der Waals surface area contributed by atoms with Gasteiger partial charge in [-0.15, -0.1) is 11.5 Å². The standard InChI is InChI=1S/C14H26O3Si/c1-12(9-8-10-18(5,6)7)16-11-13(15)17-14(2,3)4/h12H,9,11H2,1-7H3/t12-/m0/s1. The van der Waals surface area contributed by atoms with Crippen LogP contribution in [0.5, 0.6) is 0 Å². The van der Waals surface area contributed by atoms with Gasteiger partial charge in [0, 0.05) is 6.42 Å². The molecule has 4 heteroatoms. The SMILES string of the molecule is C[C@@H](CC#C[Si](C)(C)C)OCC(=O)OC(C)(C)C. The molecule has 0 rings (SSSR count). The Labute approximate surface area is 112 Å². The number of carbonyl (C=O) groups excluding carboxylic acids is 1. The lowest BCUT2D eigenvalue weighted by atomic mass is 10.2. The van der Waals surface area contributed by atoms with Crippen molar-refractivity contribution in [1.29, 1.82) is 0 Å². The molecule has 0 saturated heterocycles. The van der Waals surface area contributed by atoms with E-state index in [-0.39, 0.29) is 18.7 Å². The van der Waals surface area contributed by atoms with Crippen molar-refractivity contribution in [2.24, 2.45) is 0 Å². The molecule has 0 N–H and O–H groups in total. The minimum absolute atomic E-state index is 0.00688. The summed E-state index contributed by atoms with van der Waals surface area (Å²) in [5, 5.41) is 0. The Kier molecular flexibility index (Phi) is 6.65. The Balaban J connectivity index is 3.93. The highest BCUT2D eigenvalue weighted by Gasteiger charge is 2.17. The van der Waals surface area contributed by atoms with Gasteiger partial charge in [-0.1, -0.05) is 19.6 Å². The van der Waals surface area contributed by atoms with Crippen LogP contribution in [0.15, 0.2) is 0 Å². The fraction of sp³-hybridized carbons (Fsp3) is 0.786. The lowest BCUT2D eigenvalue weighted by molar-refractivity contribution is -0.161. The number of esters is 1. The van der Waals surface area contributed by atoms with Crippen molar-refractivity contribution < 1.29 is 14.3 Å². The predicted octanol–water partition coefficient (Wildman–Crippen LogP) is 3.00. The fourth-order valence-electron chi connectivity index (χ4n) is 1.10. The van der Waals surface area contributed by atoms with Crippen molar-refractivity contribution in [3.63, 3.8) is 0 Å². The fourth-order valence-corrected chi connectivity index (χ4v) is 1.73. The van der Waals surface area contributed by atoms with E-state index in [0.29, 0.717) is 6.42 Å². The molecular weight excluding hydrogens is 244 g/mol. The Morgan fingerprint density at radius 3 is 2.28 bits per heavy atom. The molecule has 0 heterocycles. The molecule has 3 nitrogen and oxygen atoms in total. The smallest absolute Gasteiger partial charge is 0.332 e. The summed E-state index contributed by atoms with van der Waals surface area (Å²) in [6, 6.07) is 0. The van der Waals surface area contributed by atoms with Gasteiger partial charge in [0.25, 0.3) is 0 Å². The normalized spacial score (nSPS) is 13.5. The summed E-state index contributed by atoms with van der Waals surface area (Å²) < 4.78 is 10.6. The topological polar surface area (TPSA) is 35.5 Å². The molecule has 1 atom stereocenters. The Bertz CT molecular complexity index is 326. The molecule has 0 aromatic carbocycles. The molecule has 0 spiro atoms. The highest BCUT2D eigenvalue weighted by molar-refractivity contribution is 6.83. The molecule has 0 saturated carbocycles. The maximum absolute atomic E-state index is 11.4. The first kappa shape index (κ1) is 17.2. The number of rotatable bonds is 4. The van der Waals surface area contributed by atoms with Gasteiger partial charge in [0.2, 0.25) is 0 Å². The van der Waals surface area contributed by atoms with Crippen molar-refractivity contribution in [1.82, 2.24) is 0 Å². The van der Waals surface area contributed by atoms with Crippen LogP contribution in [-0.2, 0) is 14.3 Å². The van der Waals surface area contributed by atoms with Gasteiger partial charge in [-0.25, -0.2) is 4.79 Å². The van der Waals surface area contributed by atoms with Crippen molar-refractivity contribution in [2.45, 2.75) is 65.5 Å². The summed E-state index contributed by atoms with van der Waals surface area (Å²) in [7, 11) is -1.31. The van der Waals surface area contributed by atoms with E-state index in [9.17, 15) is 4.79 Å². The summed E-state index contributed by atoms with van der Waals surface area (Å²) >= 11 is 0. The highest BCUT2D eigenvalue weighted by Crippen LogP contribution is 2.07. The maximum Gasteiger partial charge on any atom is 0.332 e. The minimum Gasteiger partial charge on any atom is -0.458 e. The molecule has 0 unspecified atom stereocenters. The van der Waals surface area contributed by atoms with E-state index in [1.807, 2.05) is 27.7 Å². The van der Waals surface area contributed by atoms with Crippen LogP contribution in [0.3, 0.4) is 0 Å². The summed E-state index contributed by atoms with van der Waals surface area (Å²) in [5.41, 5.74) is 2.81. The summed E-state index contributed by atoms with van der Waals surface area (Å²) in [6.45, 7) is 14.0. The molecule has 0 aliphatic carbocycles. The quantitative estimate of drug-likeness (QED) is 0.447. The Morgan fingerprint density at radius 1 is 1.28 bits per heavy atom. The zero-order valence-corrected chi connectivity index (χ0v) is 13.7.